The van der Waals surface area contributed by atoms with Crippen LogP contribution >= 0.6 is 37.5 Å². The lowest BCUT2D eigenvalue weighted by atomic mass is 9.89. The van der Waals surface area contributed by atoms with Gasteiger partial charge in [-0.1, -0.05) is 43.6 Å². The number of ketones is 3. The van der Waals surface area contributed by atoms with Crippen molar-refractivity contribution in [2.45, 2.75) is 200 Å². The van der Waals surface area contributed by atoms with E-state index in [1.165, 1.54) is 43.0 Å². The van der Waals surface area contributed by atoms with Crippen molar-refractivity contribution < 1.29 is 174 Å². The van der Waals surface area contributed by atoms with Crippen LogP contribution in [0.15, 0.2) is 82.6 Å². The maximum atomic E-state index is 15.0. The van der Waals surface area contributed by atoms with E-state index in [0.29, 0.717) is 28.1 Å². The zero-order chi connectivity index (χ0) is 105. The zero-order valence-electron chi connectivity index (χ0n) is 75.7. The monoisotopic (exact) mass is 2110 g/mol. The number of carboxylic acid groups (broad SMARTS) is 4. The second-order valence-electron chi connectivity index (χ2n) is 32.4. The summed E-state index contributed by atoms with van der Waals surface area (Å²) >= 11 is 3.42. The lowest BCUT2D eigenvalue weighted by Crippen LogP contribution is -2.50. The molecular weight excluding hydrogens is 1990 g/mol. The van der Waals surface area contributed by atoms with Crippen LogP contribution in [0, 0.1) is 17.8 Å². The van der Waals surface area contributed by atoms with Gasteiger partial charge in [0.1, 0.15) is 104 Å². The van der Waals surface area contributed by atoms with Crippen molar-refractivity contribution in [3.63, 3.8) is 0 Å². The molecule has 0 unspecified atom stereocenters. The molecule has 2 aromatic carbocycles. The Morgan fingerprint density at radius 1 is 0.486 bits per heavy atom. The van der Waals surface area contributed by atoms with Crippen LogP contribution in [0.4, 0.5) is 29.0 Å². The quantitative estimate of drug-likeness (QED) is 0.00958. The molecule has 57 heteroatoms. The number of aliphatic hydroxyl groups is 15. The Balaban J connectivity index is 1.24. The van der Waals surface area contributed by atoms with Gasteiger partial charge in [0, 0.05) is 133 Å². The van der Waals surface area contributed by atoms with Gasteiger partial charge in [0.05, 0.1) is 80.4 Å². The number of fused-ring (bicyclic) bond motifs is 2. The Kier molecular flexibility index (Phi) is 50.1. The highest BCUT2D eigenvalue weighted by Gasteiger charge is 2.39. The lowest BCUT2D eigenvalue weighted by Gasteiger charge is -2.26. The summed E-state index contributed by atoms with van der Waals surface area (Å²) in [7, 11) is 1.82. The number of benzene rings is 2. The maximum absolute atomic E-state index is 15.0. The minimum atomic E-state index is -2.25. The molecule has 780 valence electrons. The Bertz CT molecular complexity index is 5340. The van der Waals surface area contributed by atoms with E-state index in [2.05, 4.69) is 104 Å². The Hall–Kier alpha value is -12.4. The van der Waals surface area contributed by atoms with Gasteiger partial charge in [-0.2, -0.15) is 4.98 Å². The topological polar surface area (TPSA) is 906 Å². The summed E-state index contributed by atoms with van der Waals surface area (Å²) in [5, 5.41) is 217. The minimum Gasteiger partial charge on any atom is -0.481 e. The molecule has 0 fully saturated rings. The first-order valence-electron chi connectivity index (χ1n) is 43.9. The van der Waals surface area contributed by atoms with Gasteiger partial charge in [-0.05, 0) is 87.1 Å². The number of H-pyrrole nitrogens is 1. The number of aliphatic carboxylic acids is 4. The van der Waals surface area contributed by atoms with Crippen molar-refractivity contribution in [1.29, 1.82) is 0 Å². The number of halogens is 1. The van der Waals surface area contributed by atoms with Crippen molar-refractivity contribution in [2.24, 2.45) is 17.8 Å². The largest absolute Gasteiger partial charge is 0.481 e. The molecule has 142 heavy (non-hydrogen) atoms. The number of hydrogen-bond donors (Lipinski definition) is 31. The number of nitrogens with two attached hydrogens (primary N) is 1. The highest BCUT2D eigenvalue weighted by atomic mass is 79.9. The highest BCUT2D eigenvalue weighted by molar-refractivity contribution is 9.10. The van der Waals surface area contributed by atoms with Crippen molar-refractivity contribution in [1.82, 2.24) is 72.1 Å². The van der Waals surface area contributed by atoms with E-state index < -0.39 is 351 Å². The van der Waals surface area contributed by atoms with E-state index in [1.54, 1.807) is 6.07 Å². The summed E-state index contributed by atoms with van der Waals surface area (Å²) in [4.78, 5) is 245. The number of carboxylic acids is 4. The minimum absolute atomic E-state index is 0.000671. The first-order valence-corrected chi connectivity index (χ1v) is 47.2. The SMILES string of the molecule is Nc1nc2ncc(CNc3ccc(C(=O)N[C@@H](CCC(=O)C[C@@H](CCC(=O)NC[C@H](O)[C@@H](O)[C@H](O)[C@H](O)CO)C(=O)N[C@@H](CCC(=O)O)C(=O)C[C@@H](CCC(=O)NC[C@H](O)[C@@H](O)[C@H](O)[C@H](O)CO)C(=O)N[C@@H](CCC(=O)O)C(=O)C[C@@H](CCC(=O)NC[C@H](O)[C@@H](O)[C@H](O)[C@H](O)CO)C(=O)N[C@@H](CSSCCOC(=O)CNc4cc5c(Nc6cccc(Br)c6)ncnc5cn4)C(=O)O)C(=O)O)cc3)nc2c(=O)[nH]1. The van der Waals surface area contributed by atoms with Crippen molar-refractivity contribution in [3.05, 3.63) is 99.4 Å². The third-order valence-electron chi connectivity index (χ3n) is 21.7. The van der Waals surface area contributed by atoms with Crippen LogP contribution in [-0.4, -0.2) is 382 Å². The number of rotatable bonds is 68. The fraction of sp³-hybridized carbons (Fsp3) is 0.529. The lowest BCUT2D eigenvalue weighted by molar-refractivity contribution is -0.142. The first-order chi connectivity index (χ1) is 67.3. The molecule has 6 rings (SSSR count). The van der Waals surface area contributed by atoms with Gasteiger partial charge in [-0.25, -0.2) is 34.5 Å². The molecule has 19 atom stereocenters. The number of hydrogen-bond acceptors (Lipinski definition) is 44. The molecule has 32 N–H and O–H groups in total. The number of Topliss-reactive ketones (excluding diaryl/α,β-unsaturated/α-hetero) is 3. The maximum Gasteiger partial charge on any atom is 0.327 e. The van der Waals surface area contributed by atoms with Crippen molar-refractivity contribution >= 4 is 177 Å². The van der Waals surface area contributed by atoms with E-state index in [1.807, 2.05) is 24.3 Å². The number of aromatic amines is 1. The number of ether oxygens (including phenoxy) is 1. The van der Waals surface area contributed by atoms with E-state index in [0.717, 1.165) is 26.1 Å². The predicted molar refractivity (Wildman–Crippen MR) is 500 cm³/mol. The fourth-order valence-electron chi connectivity index (χ4n) is 13.4. The molecule has 0 aliphatic rings. The molecule has 0 saturated heterocycles. The second kappa shape index (κ2) is 60.1. The summed E-state index contributed by atoms with van der Waals surface area (Å²) in [6, 6.07) is 6.46. The van der Waals surface area contributed by atoms with Crippen LogP contribution in [0.2, 0.25) is 0 Å². The molecule has 7 amide bonds. The number of aromatic nitrogens is 7. The number of nitrogen functional groups attached to an aromatic ring is 1. The van der Waals surface area contributed by atoms with Crippen LogP contribution < -0.4 is 64.5 Å². The normalized spacial score (nSPS) is 15.5. The molecule has 0 spiro atoms. The van der Waals surface area contributed by atoms with Crippen LogP contribution in [0.5, 0.6) is 0 Å². The van der Waals surface area contributed by atoms with Gasteiger partial charge in [-0.3, -0.25) is 72.1 Å². The van der Waals surface area contributed by atoms with E-state index in [4.69, 9.17) is 10.5 Å². The van der Waals surface area contributed by atoms with E-state index in [-0.39, 0.29) is 59.6 Å². The summed E-state index contributed by atoms with van der Waals surface area (Å²) in [5.74, 6) is -24.8. The third kappa shape index (κ3) is 40.2. The van der Waals surface area contributed by atoms with Gasteiger partial charge in [0.2, 0.25) is 41.4 Å². The third-order valence-corrected chi connectivity index (χ3v) is 24.5. The number of amides is 7. The van der Waals surface area contributed by atoms with E-state index >= 15 is 4.79 Å². The van der Waals surface area contributed by atoms with Gasteiger partial charge in [0.15, 0.2) is 22.7 Å². The molecule has 54 nitrogen and oxygen atoms in total. The molecule has 0 radical (unpaired) electrons. The number of aliphatic hydroxyl groups excluding tert-OH is 15. The Morgan fingerprint density at radius 2 is 0.965 bits per heavy atom. The zero-order valence-corrected chi connectivity index (χ0v) is 78.9. The Morgan fingerprint density at radius 3 is 1.44 bits per heavy atom. The molecule has 0 aliphatic carbocycles. The van der Waals surface area contributed by atoms with Crippen LogP contribution in [0.3, 0.4) is 0 Å². The summed E-state index contributed by atoms with van der Waals surface area (Å²) in [5.41, 5.74) is 6.57. The highest BCUT2D eigenvalue weighted by Crippen LogP contribution is 2.29. The molecule has 0 saturated carbocycles. The number of esters is 1. The molecule has 6 aromatic rings. The van der Waals surface area contributed by atoms with Crippen molar-refractivity contribution in [2.75, 3.05) is 85.8 Å². The predicted octanol–water partition coefficient (Wildman–Crippen LogP) is -7.26. The molecule has 4 heterocycles. The average Bonchev–Trinajstić information content (AvgIpc) is 0.810. The average molecular weight is 2110 g/mol. The number of pyridine rings is 1. The molecule has 4 aromatic heterocycles. The first kappa shape index (κ1) is 118. The standard InChI is InChI=1S/C85H115BrN18O36S2/c86-43-2-1-3-45(25-43)98-76-48-26-62(89-29-52(48)95-38-96-76)90-33-68(124)140-20-21-141-142-37-53(84(138)139)102-81(134)42(8-17-65(119)93-32-58(113)72(127)75(130)61(116)36-107)24-55(110)50(14-19-67(122)123)100-80(133)41(7-16-64(118)92-31-57(112)71(126)74(129)60(115)35-106)23-54(109)49(13-18-66(120)121)99-79(132)40(6-15-63(117)91-30-56(111)70(125)73(128)59(114)34-105)22-47(108)11-12-51(83(136)137)101-78(131)39-4-9-44(10-5-39)88-27-46-28-94-77-69(97-46)82(135)104-85(87)103-77/h1-5,9-10,25-26,28-29,38,40-42,49-51,53,56-61,70-75,88,105-107,111-116,125-130H,6-8,11-24,27,30-37H2,(H,89,90)(H,91,117)(H,92,118)(H,93,119)(H,99,132)(H,100,133)(H,101,131)(H,102,134)(H,120,121)(H,122,123)(H,136,137)(H,138,139)(H,95,96,98)(H3,87,94,103,104,135)/t40-,41-,42-,49+,50+,51+,53+,56+,57+,58+,59-,60-,61-,70-,71-,72-,73-,74-,75-/m1/s1. The molecule has 0 aliphatic heterocycles. The number of nitrogens with zero attached hydrogens (tertiary/aromatic N) is 6. The van der Waals surface area contributed by atoms with Crippen LogP contribution in [0.1, 0.15) is 112 Å². The van der Waals surface area contributed by atoms with Gasteiger partial charge >= 0.3 is 29.8 Å². The van der Waals surface area contributed by atoms with Crippen molar-refractivity contribution in [3.8, 4) is 0 Å². The number of anilines is 5. The Labute approximate surface area is 822 Å². The smallest absolute Gasteiger partial charge is 0.327 e. The molecule has 0 bridgehead atoms. The van der Waals surface area contributed by atoms with Gasteiger partial charge < -0.3 is 161 Å². The number of nitrogens with one attached hydrogen (secondary N) is 11. The number of carbonyl (C=O) groups is 15. The summed E-state index contributed by atoms with van der Waals surface area (Å²) < 4.78 is 6.13. The van der Waals surface area contributed by atoms with Crippen LogP contribution in [-0.2, 0) is 78.4 Å². The fourth-order valence-corrected chi connectivity index (χ4v) is 15.8. The summed E-state index contributed by atoms with van der Waals surface area (Å²) in [6.07, 6.45) is -34.6. The van der Waals surface area contributed by atoms with Gasteiger partial charge in [0.25, 0.3) is 11.5 Å². The summed E-state index contributed by atoms with van der Waals surface area (Å²) in [6.45, 7) is -6.59. The van der Waals surface area contributed by atoms with E-state index in [9.17, 15) is 169 Å². The number of carbonyl (C=O) groups excluding carboxylic acids is 11. The van der Waals surface area contributed by atoms with Crippen LogP contribution in [0.25, 0.3) is 22.1 Å². The molecular formula is C85H115BrN18O36S2. The van der Waals surface area contributed by atoms with Gasteiger partial charge in [-0.15, -0.1) is 0 Å². The second-order valence-corrected chi connectivity index (χ2v) is 36.0.